The molecule has 0 spiro atoms. The molecule has 0 atom stereocenters. The average Bonchev–Trinajstić information content (AvgIpc) is 3.15. The molecule has 120 valence electrons. The molecule has 0 amide bonds. The number of ketones is 1. The molecule has 25 heavy (non-hydrogen) atoms. The lowest BCUT2D eigenvalue weighted by Crippen LogP contribution is -1.95. The molecule has 0 unspecified atom stereocenters. The Morgan fingerprint density at radius 3 is 2.52 bits per heavy atom. The largest absolute Gasteiger partial charge is 0.289 e. The molecular weight excluding hydrogens is 308 g/mol. The van der Waals surface area contributed by atoms with E-state index in [2.05, 4.69) is 5.10 Å². The van der Waals surface area contributed by atoms with Gasteiger partial charge in [0.1, 0.15) is 0 Å². The van der Waals surface area contributed by atoms with Crippen LogP contribution in [0.3, 0.4) is 0 Å². The zero-order valence-electron chi connectivity index (χ0n) is 13.5. The number of carbonyl (C=O) groups is 1. The molecule has 4 aromatic rings. The second-order valence-electron chi connectivity index (χ2n) is 5.78. The third kappa shape index (κ3) is 3.12. The molecule has 0 saturated carbocycles. The monoisotopic (exact) mass is 324 g/mol. The van der Waals surface area contributed by atoms with Crippen molar-refractivity contribution in [2.24, 2.45) is 0 Å². The predicted molar refractivity (Wildman–Crippen MR) is 101 cm³/mol. The molecule has 3 nitrogen and oxygen atoms in total. The topological polar surface area (TPSA) is 34.9 Å². The van der Waals surface area contributed by atoms with Crippen molar-refractivity contribution in [1.29, 1.82) is 0 Å². The molecule has 0 aliphatic rings. The Labute approximate surface area is 145 Å². The van der Waals surface area contributed by atoms with Crippen molar-refractivity contribution >= 4 is 22.6 Å². The van der Waals surface area contributed by atoms with Crippen LogP contribution >= 0.6 is 0 Å². The van der Waals surface area contributed by atoms with Gasteiger partial charge in [-0.15, -0.1) is 0 Å². The second-order valence-corrected chi connectivity index (χ2v) is 5.78. The summed E-state index contributed by atoms with van der Waals surface area (Å²) in [5, 5.41) is 6.38. The van der Waals surface area contributed by atoms with E-state index in [0.29, 0.717) is 5.56 Å². The number of hydrogen-bond acceptors (Lipinski definition) is 2. The van der Waals surface area contributed by atoms with Gasteiger partial charge in [-0.3, -0.25) is 4.79 Å². The Bertz CT molecular complexity index is 1060. The number of carbonyl (C=O) groups excluding carboxylic acids is 1. The van der Waals surface area contributed by atoms with Crippen molar-refractivity contribution in [3.63, 3.8) is 0 Å². The van der Waals surface area contributed by atoms with Crippen molar-refractivity contribution in [2.45, 2.75) is 0 Å². The molecule has 0 bridgehead atoms. The minimum Gasteiger partial charge on any atom is -0.289 e. The summed E-state index contributed by atoms with van der Waals surface area (Å²) in [7, 11) is 0. The minimum absolute atomic E-state index is 0.00994. The quantitative estimate of drug-likeness (QED) is 0.394. The number of allylic oxidation sites excluding steroid dienone is 1. The number of para-hydroxylation sites is 1. The Morgan fingerprint density at radius 1 is 0.880 bits per heavy atom. The van der Waals surface area contributed by atoms with Crippen molar-refractivity contribution in [3.8, 4) is 5.69 Å². The number of fused-ring (bicyclic) bond motifs is 1. The fourth-order valence-electron chi connectivity index (χ4n) is 2.85. The van der Waals surface area contributed by atoms with Crippen molar-refractivity contribution in [2.75, 3.05) is 0 Å². The van der Waals surface area contributed by atoms with Crippen LogP contribution in [0, 0.1) is 0 Å². The van der Waals surface area contributed by atoms with Crippen molar-refractivity contribution in [3.05, 3.63) is 102 Å². The third-order valence-electron chi connectivity index (χ3n) is 4.11. The standard InChI is InChI=1S/C22H16N2O/c25-22(21-12-6-8-18-7-4-5-11-20(18)21)14-13-17-15-23-24(16-17)19-9-2-1-3-10-19/h1-16H. The zero-order valence-corrected chi connectivity index (χ0v) is 13.5. The van der Waals surface area contributed by atoms with Gasteiger partial charge in [0.25, 0.3) is 0 Å². The van der Waals surface area contributed by atoms with Gasteiger partial charge >= 0.3 is 0 Å². The van der Waals surface area contributed by atoms with Crippen LogP contribution in [0.2, 0.25) is 0 Å². The molecule has 0 aliphatic heterocycles. The number of aromatic nitrogens is 2. The first-order valence-corrected chi connectivity index (χ1v) is 8.11. The van der Waals surface area contributed by atoms with Gasteiger partial charge in [-0.1, -0.05) is 60.7 Å². The lowest BCUT2D eigenvalue weighted by Gasteiger charge is -2.02. The minimum atomic E-state index is -0.00994. The maximum atomic E-state index is 12.6. The first kappa shape index (κ1) is 15.1. The first-order chi connectivity index (χ1) is 12.3. The van der Waals surface area contributed by atoms with Crippen LogP contribution in [-0.2, 0) is 0 Å². The third-order valence-corrected chi connectivity index (χ3v) is 4.11. The van der Waals surface area contributed by atoms with E-state index < -0.39 is 0 Å². The van der Waals surface area contributed by atoms with Gasteiger partial charge in [0, 0.05) is 17.3 Å². The maximum Gasteiger partial charge on any atom is 0.186 e. The molecule has 4 rings (SSSR count). The van der Waals surface area contributed by atoms with Crippen LogP contribution in [0.25, 0.3) is 22.5 Å². The first-order valence-electron chi connectivity index (χ1n) is 8.11. The molecule has 0 radical (unpaired) electrons. The molecule has 3 aromatic carbocycles. The van der Waals surface area contributed by atoms with Crippen LogP contribution in [0.5, 0.6) is 0 Å². The lowest BCUT2D eigenvalue weighted by atomic mass is 10.0. The van der Waals surface area contributed by atoms with E-state index in [1.165, 1.54) is 0 Å². The van der Waals surface area contributed by atoms with Crippen LogP contribution in [-0.4, -0.2) is 15.6 Å². The Kier molecular flexibility index (Phi) is 3.97. The molecule has 1 heterocycles. The predicted octanol–water partition coefficient (Wildman–Crippen LogP) is 4.92. The van der Waals surface area contributed by atoms with E-state index in [9.17, 15) is 4.79 Å². The summed E-state index contributed by atoms with van der Waals surface area (Å²) in [4.78, 5) is 12.6. The Morgan fingerprint density at radius 2 is 1.64 bits per heavy atom. The van der Waals surface area contributed by atoms with E-state index in [1.54, 1.807) is 23.0 Å². The van der Waals surface area contributed by atoms with Gasteiger partial charge in [-0.2, -0.15) is 5.10 Å². The van der Waals surface area contributed by atoms with Crippen LogP contribution in [0.1, 0.15) is 15.9 Å². The summed E-state index contributed by atoms with van der Waals surface area (Å²) >= 11 is 0. The molecule has 0 N–H and O–H groups in total. The van der Waals surface area contributed by atoms with E-state index in [4.69, 9.17) is 0 Å². The fourth-order valence-corrected chi connectivity index (χ4v) is 2.85. The summed E-state index contributed by atoms with van der Waals surface area (Å²) in [6, 6.07) is 23.6. The maximum absolute atomic E-state index is 12.6. The van der Waals surface area contributed by atoms with Gasteiger partial charge in [0.2, 0.25) is 0 Å². The van der Waals surface area contributed by atoms with Gasteiger partial charge < -0.3 is 0 Å². The molecule has 0 fully saturated rings. The summed E-state index contributed by atoms with van der Waals surface area (Å²) in [5.74, 6) is -0.00994. The highest BCUT2D eigenvalue weighted by Gasteiger charge is 2.06. The van der Waals surface area contributed by atoms with Crippen LogP contribution in [0.4, 0.5) is 0 Å². The van der Waals surface area contributed by atoms with Gasteiger partial charge in [-0.25, -0.2) is 4.68 Å². The number of benzene rings is 3. The highest BCUT2D eigenvalue weighted by molar-refractivity contribution is 6.14. The average molecular weight is 324 g/mol. The summed E-state index contributed by atoms with van der Waals surface area (Å²) in [5.41, 5.74) is 2.59. The van der Waals surface area contributed by atoms with E-state index in [1.807, 2.05) is 79.0 Å². The van der Waals surface area contributed by atoms with E-state index >= 15 is 0 Å². The molecule has 3 heteroatoms. The fraction of sp³-hybridized carbons (Fsp3) is 0. The molecule has 0 aliphatic carbocycles. The van der Waals surface area contributed by atoms with E-state index in [0.717, 1.165) is 22.0 Å². The molecule has 1 aromatic heterocycles. The van der Waals surface area contributed by atoms with Gasteiger partial charge in [0.15, 0.2) is 5.78 Å². The summed E-state index contributed by atoms with van der Waals surface area (Å²) in [6.07, 6.45) is 7.06. The summed E-state index contributed by atoms with van der Waals surface area (Å²) < 4.78 is 1.79. The van der Waals surface area contributed by atoms with E-state index in [-0.39, 0.29) is 5.78 Å². The lowest BCUT2D eigenvalue weighted by molar-refractivity contribution is 0.104. The van der Waals surface area contributed by atoms with Gasteiger partial charge in [0.05, 0.1) is 11.9 Å². The molecular formula is C22H16N2O. The normalized spacial score (nSPS) is 11.2. The SMILES string of the molecule is O=C(C=Cc1cnn(-c2ccccc2)c1)c1cccc2ccccc12. The Balaban J connectivity index is 1.59. The number of hydrogen-bond donors (Lipinski definition) is 0. The highest BCUT2D eigenvalue weighted by Crippen LogP contribution is 2.19. The van der Waals surface area contributed by atoms with Crippen LogP contribution in [0.15, 0.2) is 91.3 Å². The van der Waals surface area contributed by atoms with Crippen molar-refractivity contribution in [1.82, 2.24) is 9.78 Å². The van der Waals surface area contributed by atoms with Crippen molar-refractivity contribution < 1.29 is 4.79 Å². The molecule has 0 saturated heterocycles. The number of rotatable bonds is 4. The zero-order chi connectivity index (χ0) is 17.1. The highest BCUT2D eigenvalue weighted by atomic mass is 16.1. The van der Waals surface area contributed by atoms with Crippen LogP contribution < -0.4 is 0 Å². The number of nitrogens with zero attached hydrogens (tertiary/aromatic N) is 2. The smallest absolute Gasteiger partial charge is 0.186 e. The summed E-state index contributed by atoms with van der Waals surface area (Å²) in [6.45, 7) is 0. The Hall–Kier alpha value is -3.46. The van der Waals surface area contributed by atoms with Gasteiger partial charge in [-0.05, 0) is 35.1 Å². The second kappa shape index (κ2) is 6.57.